The average molecular weight is 339 g/mol. The lowest BCUT2D eigenvalue weighted by molar-refractivity contribution is -0.154. The first-order chi connectivity index (χ1) is 12.0. The molecule has 0 unspecified atom stereocenters. The van der Waals surface area contributed by atoms with Crippen LogP contribution in [0.3, 0.4) is 0 Å². The molecule has 0 aromatic heterocycles. The molecule has 2 rings (SSSR count). The van der Waals surface area contributed by atoms with Gasteiger partial charge in [-0.25, -0.2) is 4.79 Å². The second-order valence-corrected chi connectivity index (χ2v) is 5.60. The molecule has 0 amide bonds. The van der Waals surface area contributed by atoms with Crippen molar-refractivity contribution in [1.29, 1.82) is 0 Å². The molecule has 0 saturated heterocycles. The summed E-state index contributed by atoms with van der Waals surface area (Å²) in [5, 5.41) is 3.16. The van der Waals surface area contributed by atoms with Gasteiger partial charge in [0.1, 0.15) is 5.75 Å². The summed E-state index contributed by atoms with van der Waals surface area (Å²) in [5.74, 6) is -0.860. The molecule has 0 atom stereocenters. The van der Waals surface area contributed by atoms with Gasteiger partial charge in [-0.05, 0) is 43.7 Å². The van der Waals surface area contributed by atoms with Crippen molar-refractivity contribution in [3.8, 4) is 5.75 Å². The Labute approximate surface area is 147 Å². The molecule has 130 valence electrons. The first-order valence-electron chi connectivity index (χ1n) is 7.92. The van der Waals surface area contributed by atoms with Crippen molar-refractivity contribution < 1.29 is 19.1 Å². The van der Waals surface area contributed by atoms with Crippen LogP contribution in [0, 0.1) is 0 Å². The van der Waals surface area contributed by atoms with Crippen molar-refractivity contribution in [2.75, 3.05) is 12.4 Å². The molecule has 5 nitrogen and oxygen atoms in total. The van der Waals surface area contributed by atoms with Crippen LogP contribution in [0.5, 0.6) is 5.75 Å². The van der Waals surface area contributed by atoms with Gasteiger partial charge in [-0.15, -0.1) is 0 Å². The number of nitrogens with one attached hydrogen (secondary N) is 1. The molecular formula is C20H21NO4. The van der Waals surface area contributed by atoms with E-state index in [4.69, 9.17) is 9.47 Å². The Hall–Kier alpha value is -3.08. The molecule has 5 heteroatoms. The predicted molar refractivity (Wildman–Crippen MR) is 97.3 cm³/mol. The van der Waals surface area contributed by atoms with Gasteiger partial charge in [-0.3, -0.25) is 4.79 Å². The largest absolute Gasteiger partial charge is 0.497 e. The zero-order valence-corrected chi connectivity index (χ0v) is 14.5. The monoisotopic (exact) mass is 339 g/mol. The van der Waals surface area contributed by atoms with Crippen LogP contribution in [0.25, 0.3) is 5.70 Å². The summed E-state index contributed by atoms with van der Waals surface area (Å²) in [6, 6.07) is 16.6. The number of benzene rings is 2. The van der Waals surface area contributed by atoms with Gasteiger partial charge in [-0.2, -0.15) is 0 Å². The van der Waals surface area contributed by atoms with E-state index in [1.807, 2.05) is 42.5 Å². The summed E-state index contributed by atoms with van der Waals surface area (Å²) in [6.07, 6.45) is 0.907. The van der Waals surface area contributed by atoms with Crippen molar-refractivity contribution in [1.82, 2.24) is 0 Å². The molecule has 25 heavy (non-hydrogen) atoms. The van der Waals surface area contributed by atoms with Crippen LogP contribution in [0.15, 0.2) is 60.7 Å². The van der Waals surface area contributed by atoms with E-state index in [2.05, 4.69) is 5.32 Å². The van der Waals surface area contributed by atoms with Gasteiger partial charge in [-0.1, -0.05) is 30.3 Å². The molecule has 0 aliphatic carbocycles. The number of anilines is 1. The fourth-order valence-corrected chi connectivity index (χ4v) is 2.10. The molecule has 2 aromatic carbocycles. The summed E-state index contributed by atoms with van der Waals surface area (Å²) < 4.78 is 10.1. The van der Waals surface area contributed by atoms with Crippen LogP contribution in [0.1, 0.15) is 19.4 Å². The highest BCUT2D eigenvalue weighted by atomic mass is 16.5. The first kappa shape index (κ1) is 18.3. The van der Waals surface area contributed by atoms with Crippen LogP contribution in [0.4, 0.5) is 5.69 Å². The fourth-order valence-electron chi connectivity index (χ4n) is 2.10. The Bertz CT molecular complexity index is 749. The molecular weight excluding hydrogens is 318 g/mol. The van der Waals surface area contributed by atoms with Crippen molar-refractivity contribution in [2.24, 2.45) is 0 Å². The van der Waals surface area contributed by atoms with Gasteiger partial charge < -0.3 is 14.8 Å². The summed E-state index contributed by atoms with van der Waals surface area (Å²) in [6.45, 7) is 3.39. The zero-order chi connectivity index (χ0) is 18.2. The Morgan fingerprint density at radius 1 is 1.00 bits per heavy atom. The Morgan fingerprint density at radius 2 is 1.64 bits per heavy atom. The summed E-state index contributed by atoms with van der Waals surface area (Å²) in [4.78, 5) is 23.9. The van der Waals surface area contributed by atoms with E-state index in [9.17, 15) is 9.59 Å². The van der Waals surface area contributed by atoms with Gasteiger partial charge in [0.05, 0.1) is 13.2 Å². The Kier molecular flexibility index (Phi) is 6.34. The molecule has 0 fully saturated rings. The molecule has 2 aromatic rings. The molecule has 0 spiro atoms. The van der Waals surface area contributed by atoms with Gasteiger partial charge in [0.15, 0.2) is 0 Å². The summed E-state index contributed by atoms with van der Waals surface area (Å²) in [7, 11) is 1.59. The minimum Gasteiger partial charge on any atom is -0.497 e. The second kappa shape index (κ2) is 8.68. The van der Waals surface area contributed by atoms with E-state index in [1.54, 1.807) is 33.1 Å². The maximum Gasteiger partial charge on any atom is 0.379 e. The Balaban J connectivity index is 2.28. The number of ketones is 1. The average Bonchev–Trinajstić information content (AvgIpc) is 2.62. The molecule has 0 bridgehead atoms. The second-order valence-electron chi connectivity index (χ2n) is 5.60. The molecule has 0 saturated carbocycles. The maximum atomic E-state index is 12.1. The van der Waals surface area contributed by atoms with Crippen LogP contribution < -0.4 is 10.1 Å². The molecule has 0 aliphatic rings. The third kappa shape index (κ3) is 5.49. The number of hydrogen-bond acceptors (Lipinski definition) is 5. The normalized spacial score (nSPS) is 11.1. The third-order valence-corrected chi connectivity index (χ3v) is 3.27. The van der Waals surface area contributed by atoms with Gasteiger partial charge in [0.25, 0.3) is 5.78 Å². The van der Waals surface area contributed by atoms with Crippen molar-refractivity contribution in [2.45, 2.75) is 20.0 Å². The number of hydrogen-bond donors (Lipinski definition) is 1. The minimum atomic E-state index is -0.875. The van der Waals surface area contributed by atoms with Gasteiger partial charge in [0, 0.05) is 17.5 Å². The highest BCUT2D eigenvalue weighted by Crippen LogP contribution is 2.21. The quantitative estimate of drug-likeness (QED) is 0.474. The van der Waals surface area contributed by atoms with E-state index in [0.717, 1.165) is 17.0 Å². The van der Waals surface area contributed by atoms with Crippen molar-refractivity contribution in [3.63, 3.8) is 0 Å². The SMILES string of the molecule is COc1ccc(N/C(=C\C(=O)C(=O)OC(C)C)c2ccccc2)cc1. The topological polar surface area (TPSA) is 64.6 Å². The number of esters is 1. The molecule has 0 radical (unpaired) electrons. The van der Waals surface area contributed by atoms with E-state index < -0.39 is 11.8 Å². The van der Waals surface area contributed by atoms with E-state index >= 15 is 0 Å². The van der Waals surface area contributed by atoms with E-state index in [1.165, 1.54) is 6.08 Å². The predicted octanol–water partition coefficient (Wildman–Crippen LogP) is 3.67. The number of carbonyl (C=O) groups is 2. The summed E-state index contributed by atoms with van der Waals surface area (Å²) in [5.41, 5.74) is 2.06. The standard InChI is InChI=1S/C20H21NO4/c1-14(2)25-20(23)19(22)13-18(15-7-5-4-6-8-15)21-16-9-11-17(24-3)12-10-16/h4-14,21H,1-3H3/b18-13-. The highest BCUT2D eigenvalue weighted by Gasteiger charge is 2.16. The number of carbonyl (C=O) groups excluding carboxylic acids is 2. The number of methoxy groups -OCH3 is 1. The highest BCUT2D eigenvalue weighted by molar-refractivity contribution is 6.39. The van der Waals surface area contributed by atoms with Crippen LogP contribution in [0.2, 0.25) is 0 Å². The van der Waals surface area contributed by atoms with E-state index in [-0.39, 0.29) is 6.10 Å². The molecule has 1 N–H and O–H groups in total. The van der Waals surface area contributed by atoms with Crippen LogP contribution in [-0.2, 0) is 14.3 Å². The van der Waals surface area contributed by atoms with Gasteiger partial charge in [0.2, 0.25) is 0 Å². The minimum absolute atomic E-state index is 0.348. The third-order valence-electron chi connectivity index (χ3n) is 3.27. The van der Waals surface area contributed by atoms with Crippen molar-refractivity contribution in [3.05, 3.63) is 66.2 Å². The maximum absolute atomic E-state index is 12.1. The van der Waals surface area contributed by atoms with Gasteiger partial charge >= 0.3 is 5.97 Å². The first-order valence-corrected chi connectivity index (χ1v) is 7.92. The van der Waals surface area contributed by atoms with Crippen LogP contribution >= 0.6 is 0 Å². The van der Waals surface area contributed by atoms with E-state index in [0.29, 0.717) is 5.70 Å². The lowest BCUT2D eigenvalue weighted by Crippen LogP contribution is -2.20. The fraction of sp³-hybridized carbons (Fsp3) is 0.200. The number of ether oxygens (including phenoxy) is 2. The Morgan fingerprint density at radius 3 is 2.20 bits per heavy atom. The van der Waals surface area contributed by atoms with Crippen molar-refractivity contribution >= 4 is 23.1 Å². The summed E-state index contributed by atoms with van der Waals surface area (Å²) >= 11 is 0. The lowest BCUT2D eigenvalue weighted by Gasteiger charge is -2.12. The molecule has 0 heterocycles. The number of rotatable bonds is 7. The molecule has 0 aliphatic heterocycles. The zero-order valence-electron chi connectivity index (χ0n) is 14.5. The van der Waals surface area contributed by atoms with Crippen LogP contribution in [-0.4, -0.2) is 25.0 Å². The smallest absolute Gasteiger partial charge is 0.379 e. The lowest BCUT2D eigenvalue weighted by atomic mass is 10.1.